The van der Waals surface area contributed by atoms with Gasteiger partial charge in [-0.25, -0.2) is 0 Å². The summed E-state index contributed by atoms with van der Waals surface area (Å²) >= 11 is 0. The second-order valence-electron chi connectivity index (χ2n) is 5.51. The molecule has 0 saturated heterocycles. The average Bonchev–Trinajstić information content (AvgIpc) is 2.48. The van der Waals surface area contributed by atoms with Gasteiger partial charge in [0, 0.05) is 16.7 Å². The molecule has 0 aliphatic heterocycles. The summed E-state index contributed by atoms with van der Waals surface area (Å²) in [5.74, 6) is 0.585. The maximum Gasteiger partial charge on any atom is 0.0548 e. The molecule has 2 nitrogen and oxygen atoms in total. The topological polar surface area (TPSA) is 29.1 Å². The summed E-state index contributed by atoms with van der Waals surface area (Å²) in [6, 6.07) is 14.5. The molecule has 0 saturated carbocycles. The highest BCUT2D eigenvalue weighted by Crippen LogP contribution is 2.20. The van der Waals surface area contributed by atoms with E-state index in [2.05, 4.69) is 37.4 Å². The molecule has 0 aliphatic carbocycles. The molecule has 2 aromatic rings. The lowest BCUT2D eigenvalue weighted by molar-refractivity contribution is 0.635. The summed E-state index contributed by atoms with van der Waals surface area (Å²) in [4.78, 5) is 0.893. The second kappa shape index (κ2) is 7.01. The van der Waals surface area contributed by atoms with Crippen LogP contribution in [0.4, 0.5) is 0 Å². The van der Waals surface area contributed by atoms with Crippen molar-refractivity contribution in [1.82, 2.24) is 5.32 Å². The first-order valence-electron chi connectivity index (χ1n) is 7.20. The summed E-state index contributed by atoms with van der Waals surface area (Å²) < 4.78 is 12.5. The molecular weight excluding hydrogens is 278 g/mol. The van der Waals surface area contributed by atoms with E-state index in [4.69, 9.17) is 0 Å². The normalized spacial score (nSPS) is 13.9. The zero-order valence-corrected chi connectivity index (χ0v) is 14.0. The Morgan fingerprint density at radius 1 is 1.00 bits per heavy atom. The van der Waals surface area contributed by atoms with Crippen LogP contribution in [-0.2, 0) is 10.8 Å². The Balaban J connectivity index is 2.16. The molecule has 2 rings (SSSR count). The standard InChI is InChI=1S/C18H23NOS/c1-13-5-9-17(10-6-13)21(20)12-18(19-4)16-8-7-14(2)15(3)11-16/h5-11,18-19H,12H2,1-4H3. The maximum atomic E-state index is 12.5. The number of benzene rings is 2. The molecule has 3 heteroatoms. The van der Waals surface area contributed by atoms with Gasteiger partial charge >= 0.3 is 0 Å². The summed E-state index contributed by atoms with van der Waals surface area (Å²) in [5.41, 5.74) is 4.94. The van der Waals surface area contributed by atoms with Gasteiger partial charge in [0.25, 0.3) is 0 Å². The van der Waals surface area contributed by atoms with Crippen molar-refractivity contribution in [2.45, 2.75) is 31.7 Å². The SMILES string of the molecule is CNC(CS(=O)c1ccc(C)cc1)c1ccc(C)c(C)c1. The Labute approximate surface area is 130 Å². The zero-order valence-electron chi connectivity index (χ0n) is 13.1. The Bertz CT molecular complexity index is 634. The van der Waals surface area contributed by atoms with Crippen LogP contribution < -0.4 is 5.32 Å². The highest BCUT2D eigenvalue weighted by Gasteiger charge is 2.15. The van der Waals surface area contributed by atoms with Crippen LogP contribution in [0, 0.1) is 20.8 Å². The summed E-state index contributed by atoms with van der Waals surface area (Å²) in [7, 11) is 0.926. The minimum Gasteiger partial charge on any atom is -0.312 e. The quantitative estimate of drug-likeness (QED) is 0.913. The van der Waals surface area contributed by atoms with Crippen LogP contribution in [0.15, 0.2) is 47.4 Å². The molecular formula is C18H23NOS. The first kappa shape index (κ1) is 15.9. The Morgan fingerprint density at radius 2 is 1.67 bits per heavy atom. The third-order valence-electron chi connectivity index (χ3n) is 3.88. The first-order chi connectivity index (χ1) is 10.0. The Kier molecular flexibility index (Phi) is 5.32. The van der Waals surface area contributed by atoms with E-state index >= 15 is 0 Å². The smallest absolute Gasteiger partial charge is 0.0548 e. The summed E-state index contributed by atoms with van der Waals surface area (Å²) in [6.07, 6.45) is 0. The molecule has 0 fully saturated rings. The molecule has 0 bridgehead atoms. The molecule has 0 aliphatic rings. The van der Waals surface area contributed by atoms with Crippen LogP contribution in [0.25, 0.3) is 0 Å². The van der Waals surface area contributed by atoms with E-state index in [9.17, 15) is 4.21 Å². The van der Waals surface area contributed by atoms with Gasteiger partial charge in [0.2, 0.25) is 0 Å². The third-order valence-corrected chi connectivity index (χ3v) is 5.32. The van der Waals surface area contributed by atoms with Crippen molar-refractivity contribution in [3.63, 3.8) is 0 Å². The number of nitrogens with one attached hydrogen (secondary N) is 1. The van der Waals surface area contributed by atoms with Gasteiger partial charge in [-0.15, -0.1) is 0 Å². The number of rotatable bonds is 5. The highest BCUT2D eigenvalue weighted by molar-refractivity contribution is 7.85. The number of hydrogen-bond acceptors (Lipinski definition) is 2. The molecule has 0 heterocycles. The molecule has 0 radical (unpaired) electrons. The lowest BCUT2D eigenvalue weighted by atomic mass is 10.0. The minimum absolute atomic E-state index is 0.103. The fourth-order valence-electron chi connectivity index (χ4n) is 2.27. The van der Waals surface area contributed by atoms with Crippen molar-refractivity contribution >= 4 is 10.8 Å². The van der Waals surface area contributed by atoms with Gasteiger partial charge in [-0.2, -0.15) is 0 Å². The van der Waals surface area contributed by atoms with Crippen LogP contribution in [0.3, 0.4) is 0 Å². The monoisotopic (exact) mass is 301 g/mol. The molecule has 112 valence electrons. The van der Waals surface area contributed by atoms with Crippen molar-refractivity contribution in [2.75, 3.05) is 12.8 Å². The molecule has 2 aromatic carbocycles. The van der Waals surface area contributed by atoms with Crippen molar-refractivity contribution in [1.29, 1.82) is 0 Å². The number of aryl methyl sites for hydroxylation is 3. The highest BCUT2D eigenvalue weighted by atomic mass is 32.2. The van der Waals surface area contributed by atoms with Crippen LogP contribution in [0.1, 0.15) is 28.3 Å². The van der Waals surface area contributed by atoms with Gasteiger partial charge in [0.05, 0.1) is 10.8 Å². The van der Waals surface area contributed by atoms with Crippen molar-refractivity contribution in [3.8, 4) is 0 Å². The van der Waals surface area contributed by atoms with Gasteiger partial charge in [-0.05, 0) is 56.6 Å². The van der Waals surface area contributed by atoms with E-state index in [1.54, 1.807) is 0 Å². The predicted octanol–water partition coefficient (Wildman–Crippen LogP) is 3.68. The molecule has 21 heavy (non-hydrogen) atoms. The van der Waals surface area contributed by atoms with Crippen molar-refractivity contribution in [3.05, 3.63) is 64.7 Å². The van der Waals surface area contributed by atoms with Crippen LogP contribution in [0.2, 0.25) is 0 Å². The summed E-state index contributed by atoms with van der Waals surface area (Å²) in [6.45, 7) is 6.26. The fraction of sp³-hybridized carbons (Fsp3) is 0.333. The van der Waals surface area contributed by atoms with Gasteiger partial charge in [-0.1, -0.05) is 35.9 Å². The molecule has 2 atom stereocenters. The van der Waals surface area contributed by atoms with E-state index in [-0.39, 0.29) is 6.04 Å². The van der Waals surface area contributed by atoms with Gasteiger partial charge in [0.15, 0.2) is 0 Å². The van der Waals surface area contributed by atoms with E-state index in [1.807, 2.05) is 38.2 Å². The van der Waals surface area contributed by atoms with Crippen molar-refractivity contribution in [2.24, 2.45) is 0 Å². The molecule has 0 amide bonds. The molecule has 0 aromatic heterocycles. The van der Waals surface area contributed by atoms with E-state index < -0.39 is 10.8 Å². The first-order valence-corrected chi connectivity index (χ1v) is 8.52. The average molecular weight is 301 g/mol. The lowest BCUT2D eigenvalue weighted by Crippen LogP contribution is -2.23. The molecule has 1 N–H and O–H groups in total. The van der Waals surface area contributed by atoms with Crippen LogP contribution in [0.5, 0.6) is 0 Å². The second-order valence-corrected chi connectivity index (χ2v) is 7.01. The molecule has 2 unspecified atom stereocenters. The van der Waals surface area contributed by atoms with E-state index in [0.717, 1.165) is 4.90 Å². The van der Waals surface area contributed by atoms with Crippen LogP contribution in [-0.4, -0.2) is 17.0 Å². The maximum absolute atomic E-state index is 12.5. The third kappa shape index (κ3) is 4.02. The Hall–Kier alpha value is -1.45. The largest absolute Gasteiger partial charge is 0.312 e. The summed E-state index contributed by atoms with van der Waals surface area (Å²) in [5, 5.41) is 3.28. The fourth-order valence-corrected chi connectivity index (χ4v) is 3.56. The van der Waals surface area contributed by atoms with Gasteiger partial charge < -0.3 is 5.32 Å². The Morgan fingerprint density at radius 3 is 2.24 bits per heavy atom. The number of hydrogen-bond donors (Lipinski definition) is 1. The molecule has 0 spiro atoms. The zero-order chi connectivity index (χ0) is 15.4. The van der Waals surface area contributed by atoms with Gasteiger partial charge in [0.1, 0.15) is 0 Å². The van der Waals surface area contributed by atoms with Crippen molar-refractivity contribution < 1.29 is 4.21 Å². The lowest BCUT2D eigenvalue weighted by Gasteiger charge is -2.17. The van der Waals surface area contributed by atoms with Crippen LogP contribution >= 0.6 is 0 Å². The van der Waals surface area contributed by atoms with Gasteiger partial charge in [-0.3, -0.25) is 4.21 Å². The van der Waals surface area contributed by atoms with E-state index in [0.29, 0.717) is 5.75 Å². The minimum atomic E-state index is -0.997. The van der Waals surface area contributed by atoms with E-state index in [1.165, 1.54) is 22.3 Å². The predicted molar refractivity (Wildman–Crippen MR) is 90.2 cm³/mol.